The van der Waals surface area contributed by atoms with Crippen LogP contribution >= 0.6 is 0 Å². The minimum absolute atomic E-state index is 0.146. The molecule has 1 nitrogen and oxygen atoms in total. The zero-order chi connectivity index (χ0) is 7.61. The number of aliphatic hydroxyl groups excluding tert-OH is 1. The highest BCUT2D eigenvalue weighted by atomic mass is 16.3. The average molecular weight is 162 g/mol. The van der Waals surface area contributed by atoms with Crippen LogP contribution in [0.1, 0.15) is 12.8 Å². The van der Waals surface area contributed by atoms with Crippen LogP contribution < -0.4 is 0 Å². The Labute approximate surface area is 72.2 Å². The Morgan fingerprint density at radius 3 is 2.17 bits per heavy atom. The number of rotatable bonds is 0. The van der Waals surface area contributed by atoms with Gasteiger partial charge in [-0.2, -0.15) is 0 Å². The van der Waals surface area contributed by atoms with Crippen LogP contribution in [0.25, 0.3) is 0 Å². The van der Waals surface area contributed by atoms with Gasteiger partial charge in [0.05, 0.1) is 6.10 Å². The summed E-state index contributed by atoms with van der Waals surface area (Å²) in [5.74, 6) is 7.73. The molecule has 0 radical (unpaired) electrons. The number of fused-ring (bicyclic) bond motifs is 2. The highest BCUT2D eigenvalue weighted by Gasteiger charge is 2.80. The van der Waals surface area contributed by atoms with E-state index in [0.717, 1.165) is 47.3 Å². The summed E-state index contributed by atoms with van der Waals surface area (Å²) < 4.78 is 0. The van der Waals surface area contributed by atoms with Gasteiger partial charge in [0.1, 0.15) is 0 Å². The SMILES string of the molecule is OC1C2C3CC4C1[C@@H]1C[C@H]4C3C21. The van der Waals surface area contributed by atoms with Crippen LogP contribution in [-0.4, -0.2) is 11.2 Å². The van der Waals surface area contributed by atoms with E-state index in [1.165, 1.54) is 12.8 Å². The van der Waals surface area contributed by atoms with Gasteiger partial charge in [0.2, 0.25) is 0 Å². The molecule has 5 aliphatic rings. The van der Waals surface area contributed by atoms with E-state index in [-0.39, 0.29) is 6.10 Å². The summed E-state index contributed by atoms with van der Waals surface area (Å²) in [5.41, 5.74) is 0. The molecule has 5 aliphatic carbocycles. The van der Waals surface area contributed by atoms with Gasteiger partial charge in [-0.15, -0.1) is 0 Å². The first-order valence-electron chi connectivity index (χ1n) is 5.56. The van der Waals surface area contributed by atoms with Crippen LogP contribution in [0, 0.1) is 47.3 Å². The summed E-state index contributed by atoms with van der Waals surface area (Å²) in [6.07, 6.45) is 3.16. The Morgan fingerprint density at radius 1 is 0.667 bits per heavy atom. The average Bonchev–Trinajstić information content (AvgIpc) is 2.47. The molecule has 7 unspecified atom stereocenters. The fourth-order valence-corrected chi connectivity index (χ4v) is 6.42. The first-order chi connectivity index (χ1) is 5.88. The van der Waals surface area contributed by atoms with Crippen molar-refractivity contribution < 1.29 is 5.11 Å². The number of hydrogen-bond donors (Lipinski definition) is 1. The molecule has 5 rings (SSSR count). The van der Waals surface area contributed by atoms with Crippen molar-refractivity contribution >= 4 is 0 Å². The molecule has 5 fully saturated rings. The first-order valence-corrected chi connectivity index (χ1v) is 5.56. The fraction of sp³-hybridized carbons (Fsp3) is 1.00. The van der Waals surface area contributed by atoms with Crippen molar-refractivity contribution in [1.82, 2.24) is 0 Å². The van der Waals surface area contributed by atoms with Crippen molar-refractivity contribution in [3.8, 4) is 0 Å². The normalized spacial score (nSPS) is 85.2. The van der Waals surface area contributed by atoms with Gasteiger partial charge < -0.3 is 5.11 Å². The molecule has 0 heterocycles. The Kier molecular flexibility index (Phi) is 0.609. The molecular weight excluding hydrogens is 148 g/mol. The minimum atomic E-state index is 0.146. The van der Waals surface area contributed by atoms with E-state index in [1.54, 1.807) is 0 Å². The Hall–Kier alpha value is -0.0400. The molecule has 64 valence electrons. The smallest absolute Gasteiger partial charge is 0.0607 e. The fourth-order valence-electron chi connectivity index (χ4n) is 6.42. The molecule has 12 heavy (non-hydrogen) atoms. The Balaban J connectivity index is 1.86. The van der Waals surface area contributed by atoms with Crippen LogP contribution in [0.15, 0.2) is 0 Å². The highest BCUT2D eigenvalue weighted by Crippen LogP contribution is 2.82. The van der Waals surface area contributed by atoms with Gasteiger partial charge in [0, 0.05) is 0 Å². The lowest BCUT2D eigenvalue weighted by molar-refractivity contribution is -0.0494. The van der Waals surface area contributed by atoms with E-state index in [1.807, 2.05) is 0 Å². The van der Waals surface area contributed by atoms with E-state index in [4.69, 9.17) is 0 Å². The maximum absolute atomic E-state index is 10.1. The topological polar surface area (TPSA) is 20.2 Å². The zero-order valence-electron chi connectivity index (χ0n) is 7.06. The summed E-state index contributed by atoms with van der Waals surface area (Å²) in [4.78, 5) is 0. The molecule has 0 saturated heterocycles. The van der Waals surface area contributed by atoms with Crippen LogP contribution in [0.5, 0.6) is 0 Å². The predicted molar refractivity (Wildman–Crippen MR) is 43.2 cm³/mol. The summed E-state index contributed by atoms with van der Waals surface area (Å²) >= 11 is 0. The summed E-state index contributed by atoms with van der Waals surface area (Å²) in [7, 11) is 0. The molecule has 0 aliphatic heterocycles. The van der Waals surface area contributed by atoms with Gasteiger partial charge in [-0.05, 0) is 60.2 Å². The molecule has 1 N–H and O–H groups in total. The van der Waals surface area contributed by atoms with Crippen molar-refractivity contribution in [3.05, 3.63) is 0 Å². The third kappa shape index (κ3) is 0.296. The molecule has 0 spiro atoms. The Morgan fingerprint density at radius 2 is 1.33 bits per heavy atom. The lowest BCUT2D eigenvalue weighted by Gasteiger charge is -2.46. The van der Waals surface area contributed by atoms with Gasteiger partial charge >= 0.3 is 0 Å². The van der Waals surface area contributed by atoms with Gasteiger partial charge in [0.15, 0.2) is 0 Å². The van der Waals surface area contributed by atoms with Crippen LogP contribution in [-0.2, 0) is 0 Å². The van der Waals surface area contributed by atoms with E-state index in [2.05, 4.69) is 0 Å². The van der Waals surface area contributed by atoms with Gasteiger partial charge in [0.25, 0.3) is 0 Å². The van der Waals surface area contributed by atoms with Crippen LogP contribution in [0.3, 0.4) is 0 Å². The summed E-state index contributed by atoms with van der Waals surface area (Å²) in [6.45, 7) is 0. The third-order valence-electron chi connectivity index (χ3n) is 6.28. The molecule has 9 atom stereocenters. The minimum Gasteiger partial charge on any atom is -0.393 e. The Bertz CT molecular complexity index is 277. The lowest BCUT2D eigenvalue weighted by atomic mass is 9.59. The van der Waals surface area contributed by atoms with Gasteiger partial charge in [-0.25, -0.2) is 0 Å². The predicted octanol–water partition coefficient (Wildman–Crippen LogP) is 1.13. The molecule has 2 bridgehead atoms. The maximum Gasteiger partial charge on any atom is 0.0607 e. The molecule has 1 heteroatoms. The second-order valence-electron chi connectivity index (χ2n) is 5.93. The van der Waals surface area contributed by atoms with Gasteiger partial charge in [-0.1, -0.05) is 0 Å². The second-order valence-corrected chi connectivity index (χ2v) is 5.93. The van der Waals surface area contributed by atoms with E-state index >= 15 is 0 Å². The third-order valence-corrected chi connectivity index (χ3v) is 6.28. The van der Waals surface area contributed by atoms with Crippen molar-refractivity contribution in [2.24, 2.45) is 47.3 Å². The molecule has 0 aromatic heterocycles. The van der Waals surface area contributed by atoms with Crippen molar-refractivity contribution in [1.29, 1.82) is 0 Å². The summed E-state index contributed by atoms with van der Waals surface area (Å²) in [6, 6.07) is 0. The van der Waals surface area contributed by atoms with Crippen molar-refractivity contribution in [2.75, 3.05) is 0 Å². The largest absolute Gasteiger partial charge is 0.393 e. The number of aliphatic hydroxyl groups is 1. The molecule has 5 saturated carbocycles. The van der Waals surface area contributed by atoms with Crippen molar-refractivity contribution in [3.63, 3.8) is 0 Å². The highest BCUT2D eigenvalue weighted by molar-refractivity contribution is 5.27. The van der Waals surface area contributed by atoms with Gasteiger partial charge in [-0.3, -0.25) is 0 Å². The van der Waals surface area contributed by atoms with Crippen LogP contribution in [0.4, 0.5) is 0 Å². The van der Waals surface area contributed by atoms with E-state index in [0.29, 0.717) is 0 Å². The second kappa shape index (κ2) is 1.30. The monoisotopic (exact) mass is 162 g/mol. The molecule has 0 aromatic carbocycles. The van der Waals surface area contributed by atoms with E-state index in [9.17, 15) is 5.11 Å². The summed E-state index contributed by atoms with van der Waals surface area (Å²) in [5, 5.41) is 10.1. The van der Waals surface area contributed by atoms with E-state index < -0.39 is 0 Å². The zero-order valence-corrected chi connectivity index (χ0v) is 7.06. The lowest BCUT2D eigenvalue weighted by Crippen LogP contribution is -2.45. The maximum atomic E-state index is 10.1. The van der Waals surface area contributed by atoms with Crippen LogP contribution in [0.2, 0.25) is 0 Å². The van der Waals surface area contributed by atoms with Crippen molar-refractivity contribution in [2.45, 2.75) is 18.9 Å². The molecular formula is C11H14O. The standard InChI is InChI=1S/C11H14O/c12-11-8-4-2-5-7-3(4)1-6(8)9(7)10(5)11/h3-12H,1-2H2/t3-,4?,5?,6+,7?,8?,9?,10?,11?/m1/s1. The first kappa shape index (κ1) is 5.64. The molecule has 0 amide bonds. The molecule has 0 aromatic rings. The number of hydrogen-bond acceptors (Lipinski definition) is 1. The quantitative estimate of drug-likeness (QED) is 0.566.